The smallest absolute Gasteiger partial charge is 0.127 e. The van der Waals surface area contributed by atoms with E-state index >= 15 is 0 Å². The molecule has 1 saturated heterocycles. The van der Waals surface area contributed by atoms with Crippen molar-refractivity contribution in [2.45, 2.75) is 19.3 Å². The van der Waals surface area contributed by atoms with Crippen LogP contribution in [-0.2, 0) is 0 Å². The van der Waals surface area contributed by atoms with E-state index < -0.39 is 0 Å². The van der Waals surface area contributed by atoms with E-state index in [4.69, 9.17) is 5.73 Å². The van der Waals surface area contributed by atoms with Gasteiger partial charge in [-0.3, -0.25) is 0 Å². The molecule has 2 aromatic rings. The fourth-order valence-corrected chi connectivity index (χ4v) is 2.76. The van der Waals surface area contributed by atoms with Crippen molar-refractivity contribution in [2.75, 3.05) is 29.0 Å². The lowest BCUT2D eigenvalue weighted by molar-refractivity contribution is 0.578. The molecule has 0 unspecified atom stereocenters. The quantitative estimate of drug-likeness (QED) is 0.833. The Bertz CT molecular complexity index is 584. The van der Waals surface area contributed by atoms with E-state index in [-0.39, 0.29) is 5.82 Å². The molecule has 0 bridgehead atoms. The van der Waals surface area contributed by atoms with Crippen molar-refractivity contribution < 1.29 is 4.39 Å². The molecule has 0 aliphatic carbocycles. The SMILES string of the molecule is Nc1cc(F)cc(Nc2ccc(N3CCCCC3)cc2)c1. The summed E-state index contributed by atoms with van der Waals surface area (Å²) in [7, 11) is 0. The summed E-state index contributed by atoms with van der Waals surface area (Å²) in [6, 6.07) is 12.7. The number of piperidine rings is 1. The van der Waals surface area contributed by atoms with Crippen LogP contribution in [0.4, 0.5) is 27.1 Å². The van der Waals surface area contributed by atoms with Crippen LogP contribution in [0, 0.1) is 5.82 Å². The second-order valence-electron chi connectivity index (χ2n) is 5.49. The first-order valence-corrected chi connectivity index (χ1v) is 7.39. The molecule has 0 aromatic heterocycles. The molecule has 1 aliphatic rings. The van der Waals surface area contributed by atoms with Crippen molar-refractivity contribution in [1.29, 1.82) is 0 Å². The Hall–Kier alpha value is -2.23. The Labute approximate surface area is 124 Å². The van der Waals surface area contributed by atoms with Gasteiger partial charge >= 0.3 is 0 Å². The number of rotatable bonds is 3. The van der Waals surface area contributed by atoms with Gasteiger partial charge in [0.25, 0.3) is 0 Å². The van der Waals surface area contributed by atoms with E-state index in [1.807, 2.05) is 12.1 Å². The maximum atomic E-state index is 13.3. The van der Waals surface area contributed by atoms with Crippen LogP contribution in [0.3, 0.4) is 0 Å². The first-order chi connectivity index (χ1) is 10.2. The molecule has 4 heteroatoms. The second kappa shape index (κ2) is 6.04. The van der Waals surface area contributed by atoms with Gasteiger partial charge in [0.1, 0.15) is 5.82 Å². The molecule has 1 aliphatic heterocycles. The number of benzene rings is 2. The standard InChI is InChI=1S/C17H20FN3/c18-13-10-14(19)12-16(11-13)20-15-4-6-17(7-5-15)21-8-2-1-3-9-21/h4-7,10-12,20H,1-3,8-9,19H2. The molecule has 2 aromatic carbocycles. The van der Waals surface area contributed by atoms with Crippen molar-refractivity contribution >= 4 is 22.7 Å². The van der Waals surface area contributed by atoms with Crippen LogP contribution in [0.5, 0.6) is 0 Å². The predicted octanol–water partition coefficient (Wildman–Crippen LogP) is 4.14. The number of halogens is 1. The van der Waals surface area contributed by atoms with Gasteiger partial charge in [0.2, 0.25) is 0 Å². The van der Waals surface area contributed by atoms with Crippen LogP contribution < -0.4 is 16.0 Å². The first kappa shape index (κ1) is 13.7. The lowest BCUT2D eigenvalue weighted by Gasteiger charge is -2.28. The van der Waals surface area contributed by atoms with Crippen LogP contribution in [0.15, 0.2) is 42.5 Å². The molecule has 0 atom stereocenters. The maximum Gasteiger partial charge on any atom is 0.127 e. The van der Waals surface area contributed by atoms with Crippen LogP contribution in [0.25, 0.3) is 0 Å². The number of nitrogens with two attached hydrogens (primary N) is 1. The summed E-state index contributed by atoms with van der Waals surface area (Å²) >= 11 is 0. The van der Waals surface area contributed by atoms with E-state index in [0.29, 0.717) is 11.4 Å². The topological polar surface area (TPSA) is 41.3 Å². The number of nitrogens with zero attached hydrogens (tertiary/aromatic N) is 1. The summed E-state index contributed by atoms with van der Waals surface area (Å²) < 4.78 is 13.3. The average Bonchev–Trinajstić information content (AvgIpc) is 2.48. The summed E-state index contributed by atoms with van der Waals surface area (Å²) in [6.45, 7) is 2.26. The minimum Gasteiger partial charge on any atom is -0.399 e. The first-order valence-electron chi connectivity index (χ1n) is 7.39. The normalized spacial score (nSPS) is 15.0. The van der Waals surface area contributed by atoms with Gasteiger partial charge in [0, 0.05) is 35.8 Å². The number of nitrogens with one attached hydrogen (secondary N) is 1. The van der Waals surface area contributed by atoms with Gasteiger partial charge in [-0.25, -0.2) is 4.39 Å². The molecule has 1 heterocycles. The zero-order chi connectivity index (χ0) is 14.7. The van der Waals surface area contributed by atoms with Crippen LogP contribution in [0.1, 0.15) is 19.3 Å². The number of nitrogen functional groups attached to an aromatic ring is 1. The highest BCUT2D eigenvalue weighted by molar-refractivity contribution is 5.65. The Morgan fingerprint density at radius 3 is 2.29 bits per heavy atom. The van der Waals surface area contributed by atoms with Gasteiger partial charge in [0.05, 0.1) is 0 Å². The molecule has 3 nitrogen and oxygen atoms in total. The van der Waals surface area contributed by atoms with E-state index in [2.05, 4.69) is 22.3 Å². The third-order valence-corrected chi connectivity index (χ3v) is 3.80. The highest BCUT2D eigenvalue weighted by Gasteiger charge is 2.10. The highest BCUT2D eigenvalue weighted by atomic mass is 19.1. The van der Waals surface area contributed by atoms with Crippen LogP contribution in [-0.4, -0.2) is 13.1 Å². The predicted molar refractivity (Wildman–Crippen MR) is 86.6 cm³/mol. The average molecular weight is 285 g/mol. The monoisotopic (exact) mass is 285 g/mol. The van der Waals surface area contributed by atoms with Gasteiger partial charge in [0.15, 0.2) is 0 Å². The van der Waals surface area contributed by atoms with E-state index in [0.717, 1.165) is 18.8 Å². The fourth-order valence-electron chi connectivity index (χ4n) is 2.76. The van der Waals surface area contributed by atoms with Crippen molar-refractivity contribution in [3.63, 3.8) is 0 Å². The molecular weight excluding hydrogens is 265 g/mol. The minimum atomic E-state index is -0.331. The largest absolute Gasteiger partial charge is 0.399 e. The van der Waals surface area contributed by atoms with Crippen molar-refractivity contribution in [1.82, 2.24) is 0 Å². The lowest BCUT2D eigenvalue weighted by Crippen LogP contribution is -2.29. The van der Waals surface area contributed by atoms with Crippen molar-refractivity contribution in [3.8, 4) is 0 Å². The molecule has 21 heavy (non-hydrogen) atoms. The molecule has 3 N–H and O–H groups in total. The molecule has 0 saturated carbocycles. The molecule has 110 valence electrons. The molecular formula is C17H20FN3. The Morgan fingerprint density at radius 2 is 1.62 bits per heavy atom. The Kier molecular flexibility index (Phi) is 3.95. The maximum absolute atomic E-state index is 13.3. The zero-order valence-corrected chi connectivity index (χ0v) is 12.0. The fraction of sp³-hybridized carbons (Fsp3) is 0.294. The Balaban J connectivity index is 1.71. The van der Waals surface area contributed by atoms with Crippen molar-refractivity contribution in [3.05, 3.63) is 48.3 Å². The Morgan fingerprint density at radius 1 is 0.905 bits per heavy atom. The third kappa shape index (κ3) is 3.45. The van der Waals surface area contributed by atoms with E-state index in [9.17, 15) is 4.39 Å². The van der Waals surface area contributed by atoms with Gasteiger partial charge in [-0.15, -0.1) is 0 Å². The molecule has 0 spiro atoms. The van der Waals surface area contributed by atoms with Gasteiger partial charge in [-0.1, -0.05) is 0 Å². The molecule has 1 fully saturated rings. The summed E-state index contributed by atoms with van der Waals surface area (Å²) in [6.07, 6.45) is 3.86. The number of hydrogen-bond donors (Lipinski definition) is 2. The third-order valence-electron chi connectivity index (χ3n) is 3.80. The van der Waals surface area contributed by atoms with Crippen LogP contribution >= 0.6 is 0 Å². The molecule has 0 radical (unpaired) electrons. The minimum absolute atomic E-state index is 0.331. The van der Waals surface area contributed by atoms with Crippen LogP contribution in [0.2, 0.25) is 0 Å². The van der Waals surface area contributed by atoms with Gasteiger partial charge in [-0.05, 0) is 61.7 Å². The van der Waals surface area contributed by atoms with Crippen molar-refractivity contribution in [2.24, 2.45) is 0 Å². The summed E-state index contributed by atoms with van der Waals surface area (Å²) in [4.78, 5) is 2.41. The molecule has 0 amide bonds. The lowest BCUT2D eigenvalue weighted by atomic mass is 10.1. The van der Waals surface area contributed by atoms with E-state index in [1.165, 1.54) is 37.1 Å². The summed E-state index contributed by atoms with van der Waals surface area (Å²) in [5.74, 6) is -0.331. The van der Waals surface area contributed by atoms with E-state index in [1.54, 1.807) is 6.07 Å². The highest BCUT2D eigenvalue weighted by Crippen LogP contribution is 2.24. The second-order valence-corrected chi connectivity index (χ2v) is 5.49. The van der Waals surface area contributed by atoms with Gasteiger partial charge in [-0.2, -0.15) is 0 Å². The number of hydrogen-bond acceptors (Lipinski definition) is 3. The number of anilines is 4. The van der Waals surface area contributed by atoms with Gasteiger partial charge < -0.3 is 16.0 Å². The summed E-state index contributed by atoms with van der Waals surface area (Å²) in [5, 5.41) is 3.18. The zero-order valence-electron chi connectivity index (χ0n) is 12.0. The summed E-state index contributed by atoms with van der Waals surface area (Å²) in [5.41, 5.74) is 8.91. The molecule has 3 rings (SSSR count).